The van der Waals surface area contributed by atoms with E-state index in [1.807, 2.05) is 24.3 Å². The molecule has 1 rings (SSSR count). The summed E-state index contributed by atoms with van der Waals surface area (Å²) in [5.74, 6) is 0.457. The van der Waals surface area contributed by atoms with Crippen LogP contribution in [0.3, 0.4) is 0 Å². The van der Waals surface area contributed by atoms with Gasteiger partial charge in [0.15, 0.2) is 0 Å². The zero-order valence-electron chi connectivity index (χ0n) is 11.7. The van der Waals surface area contributed by atoms with Gasteiger partial charge in [0, 0.05) is 16.6 Å². The zero-order valence-corrected chi connectivity index (χ0v) is 12.4. The Hall–Kier alpha value is -0.570. The van der Waals surface area contributed by atoms with Crippen LogP contribution in [0.5, 0.6) is 0 Å². The number of benzene rings is 1. The van der Waals surface area contributed by atoms with Crippen LogP contribution in [0.15, 0.2) is 24.3 Å². The van der Waals surface area contributed by atoms with E-state index >= 15 is 0 Å². The maximum absolute atomic E-state index is 6.25. The van der Waals surface area contributed by atoms with E-state index in [-0.39, 0.29) is 18.2 Å². The van der Waals surface area contributed by atoms with Crippen LogP contribution in [-0.2, 0) is 4.74 Å². The third-order valence-corrected chi connectivity index (χ3v) is 3.72. The first-order valence-corrected chi connectivity index (χ1v) is 7.00. The highest BCUT2D eigenvalue weighted by Crippen LogP contribution is 2.30. The molecule has 3 unspecified atom stereocenters. The van der Waals surface area contributed by atoms with Crippen LogP contribution in [-0.4, -0.2) is 12.1 Å². The monoisotopic (exact) mass is 269 g/mol. The molecule has 102 valence electrons. The Bertz CT molecular complexity index is 367. The average molecular weight is 270 g/mol. The molecule has 0 aliphatic heterocycles. The number of nitrogens with two attached hydrogens (primary N) is 1. The van der Waals surface area contributed by atoms with Gasteiger partial charge < -0.3 is 10.5 Å². The Morgan fingerprint density at radius 3 is 2.33 bits per heavy atom. The predicted molar refractivity (Wildman–Crippen MR) is 77.8 cm³/mol. The molecule has 0 heterocycles. The number of ether oxygens (including phenoxy) is 1. The van der Waals surface area contributed by atoms with Gasteiger partial charge in [0.2, 0.25) is 0 Å². The highest BCUT2D eigenvalue weighted by atomic mass is 35.5. The maximum atomic E-state index is 6.25. The van der Waals surface area contributed by atoms with Crippen molar-refractivity contribution < 1.29 is 4.74 Å². The number of hydrogen-bond acceptors (Lipinski definition) is 2. The second-order valence-electron chi connectivity index (χ2n) is 5.10. The summed E-state index contributed by atoms with van der Waals surface area (Å²) in [6.07, 6.45) is 0.880. The van der Waals surface area contributed by atoms with Gasteiger partial charge in [0.05, 0.1) is 12.2 Å². The van der Waals surface area contributed by atoms with Crippen molar-refractivity contribution in [3.63, 3.8) is 0 Å². The summed E-state index contributed by atoms with van der Waals surface area (Å²) >= 11 is 6.25. The molecule has 0 saturated carbocycles. The van der Waals surface area contributed by atoms with Gasteiger partial charge >= 0.3 is 0 Å². The molecule has 1 aromatic carbocycles. The van der Waals surface area contributed by atoms with Gasteiger partial charge in [-0.1, -0.05) is 50.6 Å². The summed E-state index contributed by atoms with van der Waals surface area (Å²) < 4.78 is 6.12. The Morgan fingerprint density at radius 1 is 1.22 bits per heavy atom. The van der Waals surface area contributed by atoms with E-state index in [1.54, 1.807) is 0 Å². The fourth-order valence-corrected chi connectivity index (χ4v) is 1.96. The summed E-state index contributed by atoms with van der Waals surface area (Å²) in [4.78, 5) is 0. The first kappa shape index (κ1) is 15.5. The summed E-state index contributed by atoms with van der Waals surface area (Å²) in [5, 5.41) is 0.724. The van der Waals surface area contributed by atoms with Gasteiger partial charge in [0.25, 0.3) is 0 Å². The predicted octanol–water partition coefficient (Wildman–Crippen LogP) is 4.18. The van der Waals surface area contributed by atoms with Crippen molar-refractivity contribution in [2.75, 3.05) is 0 Å². The first-order chi connectivity index (χ1) is 8.47. The van der Waals surface area contributed by atoms with Crippen molar-refractivity contribution in [3.05, 3.63) is 34.9 Å². The lowest BCUT2D eigenvalue weighted by Gasteiger charge is -2.29. The lowest BCUT2D eigenvalue weighted by Crippen LogP contribution is -2.33. The lowest BCUT2D eigenvalue weighted by atomic mass is 9.99. The minimum atomic E-state index is -0.138. The third kappa shape index (κ3) is 3.98. The van der Waals surface area contributed by atoms with E-state index < -0.39 is 0 Å². The van der Waals surface area contributed by atoms with Crippen LogP contribution in [0.25, 0.3) is 0 Å². The van der Waals surface area contributed by atoms with E-state index in [0.29, 0.717) is 5.92 Å². The fourth-order valence-electron chi connectivity index (χ4n) is 1.71. The number of halogens is 1. The molecule has 0 spiro atoms. The van der Waals surface area contributed by atoms with Crippen molar-refractivity contribution in [1.29, 1.82) is 0 Å². The van der Waals surface area contributed by atoms with Gasteiger partial charge in [-0.05, 0) is 25.3 Å². The highest BCUT2D eigenvalue weighted by Gasteiger charge is 2.24. The summed E-state index contributed by atoms with van der Waals surface area (Å²) in [6.45, 7) is 8.44. The highest BCUT2D eigenvalue weighted by molar-refractivity contribution is 6.31. The molecule has 0 bridgehead atoms. The molecule has 2 N–H and O–H groups in total. The van der Waals surface area contributed by atoms with Gasteiger partial charge in [-0.2, -0.15) is 0 Å². The number of rotatable bonds is 6. The number of hydrogen-bond donors (Lipinski definition) is 1. The molecule has 3 heteroatoms. The molecule has 18 heavy (non-hydrogen) atoms. The first-order valence-electron chi connectivity index (χ1n) is 6.62. The van der Waals surface area contributed by atoms with Crippen LogP contribution >= 0.6 is 11.6 Å². The van der Waals surface area contributed by atoms with Crippen LogP contribution in [0.2, 0.25) is 5.02 Å². The van der Waals surface area contributed by atoms with E-state index in [9.17, 15) is 0 Å². The molecule has 0 amide bonds. The van der Waals surface area contributed by atoms with Gasteiger partial charge in [-0.15, -0.1) is 0 Å². The second-order valence-corrected chi connectivity index (χ2v) is 5.51. The molecule has 0 saturated heterocycles. The van der Waals surface area contributed by atoms with Crippen molar-refractivity contribution in [2.45, 2.75) is 52.4 Å². The van der Waals surface area contributed by atoms with Crippen LogP contribution in [0.4, 0.5) is 0 Å². The molecule has 0 aliphatic rings. The molecule has 0 radical (unpaired) electrons. The van der Waals surface area contributed by atoms with Crippen molar-refractivity contribution in [3.8, 4) is 0 Å². The third-order valence-electron chi connectivity index (χ3n) is 3.37. The van der Waals surface area contributed by atoms with E-state index in [1.165, 1.54) is 0 Å². The van der Waals surface area contributed by atoms with E-state index in [2.05, 4.69) is 27.7 Å². The van der Waals surface area contributed by atoms with Crippen molar-refractivity contribution in [2.24, 2.45) is 11.7 Å². The summed E-state index contributed by atoms with van der Waals surface area (Å²) in [7, 11) is 0. The zero-order chi connectivity index (χ0) is 13.7. The largest absolute Gasteiger partial charge is 0.369 e. The van der Waals surface area contributed by atoms with Gasteiger partial charge in [-0.3, -0.25) is 0 Å². The topological polar surface area (TPSA) is 35.2 Å². The SMILES string of the molecule is CCC(N)C(OC(C)C(C)C)c1ccccc1Cl. The Morgan fingerprint density at radius 2 is 1.83 bits per heavy atom. The normalized spacial score (nSPS) is 16.6. The smallest absolute Gasteiger partial charge is 0.0993 e. The molecule has 0 aromatic heterocycles. The van der Waals surface area contributed by atoms with Crippen LogP contribution in [0.1, 0.15) is 45.8 Å². The standard InChI is InChI=1S/C15H24ClNO/c1-5-14(17)15(18-11(4)10(2)3)12-8-6-7-9-13(12)16/h6-11,14-15H,5,17H2,1-4H3. The quantitative estimate of drug-likeness (QED) is 0.841. The molecule has 0 aliphatic carbocycles. The molecular formula is C15H24ClNO. The maximum Gasteiger partial charge on any atom is 0.0993 e. The van der Waals surface area contributed by atoms with Gasteiger partial charge in [0.1, 0.15) is 0 Å². The van der Waals surface area contributed by atoms with Crippen molar-refractivity contribution in [1.82, 2.24) is 0 Å². The molecule has 0 fully saturated rings. The van der Waals surface area contributed by atoms with Gasteiger partial charge in [-0.25, -0.2) is 0 Å². The minimum absolute atomic E-state index is 0.0360. The summed E-state index contributed by atoms with van der Waals surface area (Å²) in [5.41, 5.74) is 7.17. The van der Waals surface area contributed by atoms with Crippen LogP contribution < -0.4 is 5.73 Å². The average Bonchev–Trinajstić information content (AvgIpc) is 2.35. The van der Waals surface area contributed by atoms with Crippen LogP contribution in [0, 0.1) is 5.92 Å². The lowest BCUT2D eigenvalue weighted by molar-refractivity contribution is -0.0394. The molecule has 2 nitrogen and oxygen atoms in total. The van der Waals surface area contributed by atoms with Crippen molar-refractivity contribution >= 4 is 11.6 Å². The van der Waals surface area contributed by atoms with E-state index in [0.717, 1.165) is 17.0 Å². The van der Waals surface area contributed by atoms with E-state index in [4.69, 9.17) is 22.1 Å². The fraction of sp³-hybridized carbons (Fsp3) is 0.600. The molecule has 1 aromatic rings. The Kier molecular flexibility index (Phi) is 6.13. The molecular weight excluding hydrogens is 246 g/mol. The second kappa shape index (κ2) is 7.13. The Labute approximate surface area is 115 Å². The molecule has 3 atom stereocenters. The minimum Gasteiger partial charge on any atom is -0.369 e. The summed E-state index contributed by atoms with van der Waals surface area (Å²) in [6, 6.07) is 7.74. The Balaban J connectivity index is 2.95.